The largest absolute Gasteiger partial charge is 0.497 e. The molecule has 0 spiro atoms. The fraction of sp³-hybridized carbons (Fsp3) is 0.625. The molecule has 20 heavy (non-hydrogen) atoms. The van der Waals surface area contributed by atoms with Gasteiger partial charge in [-0.2, -0.15) is 0 Å². The topological polar surface area (TPSA) is 39.7 Å². The third-order valence-corrected chi connectivity index (χ3v) is 3.78. The first kappa shape index (κ1) is 15.1. The Morgan fingerprint density at radius 2 is 2.15 bits per heavy atom. The van der Waals surface area contributed by atoms with Crippen molar-refractivity contribution in [1.82, 2.24) is 5.32 Å². The predicted octanol–water partition coefficient (Wildman–Crippen LogP) is 2.92. The van der Waals surface area contributed by atoms with E-state index in [1.54, 1.807) is 14.2 Å². The van der Waals surface area contributed by atoms with E-state index in [9.17, 15) is 0 Å². The molecule has 1 N–H and O–H groups in total. The number of methoxy groups -OCH3 is 2. The number of hydrogen-bond donors (Lipinski definition) is 1. The Morgan fingerprint density at radius 1 is 1.30 bits per heavy atom. The summed E-state index contributed by atoms with van der Waals surface area (Å²) in [4.78, 5) is 0. The van der Waals surface area contributed by atoms with E-state index in [2.05, 4.69) is 12.2 Å². The van der Waals surface area contributed by atoms with Crippen molar-refractivity contribution in [3.63, 3.8) is 0 Å². The first-order chi connectivity index (χ1) is 9.80. The summed E-state index contributed by atoms with van der Waals surface area (Å²) in [5.74, 6) is 1.73. The third-order valence-electron chi connectivity index (χ3n) is 3.78. The zero-order valence-corrected chi connectivity index (χ0v) is 12.6. The molecule has 1 heterocycles. The summed E-state index contributed by atoms with van der Waals surface area (Å²) in [6.07, 6.45) is 3.66. The lowest BCUT2D eigenvalue weighted by Gasteiger charge is -2.32. The third kappa shape index (κ3) is 3.44. The molecule has 2 atom stereocenters. The van der Waals surface area contributed by atoms with Gasteiger partial charge in [0, 0.05) is 12.2 Å². The van der Waals surface area contributed by atoms with Crippen LogP contribution in [0.5, 0.6) is 11.5 Å². The van der Waals surface area contributed by atoms with Gasteiger partial charge in [0.15, 0.2) is 0 Å². The van der Waals surface area contributed by atoms with Crippen molar-refractivity contribution in [2.75, 3.05) is 27.4 Å². The summed E-state index contributed by atoms with van der Waals surface area (Å²) >= 11 is 0. The molecule has 0 aromatic heterocycles. The second kappa shape index (κ2) is 7.50. The maximum atomic E-state index is 5.96. The molecular formula is C16H25NO3. The Hall–Kier alpha value is -1.26. The molecule has 1 aromatic rings. The average molecular weight is 279 g/mol. The quantitative estimate of drug-likeness (QED) is 0.869. The van der Waals surface area contributed by atoms with Gasteiger partial charge in [0.25, 0.3) is 0 Å². The number of rotatable bonds is 6. The summed E-state index contributed by atoms with van der Waals surface area (Å²) in [5.41, 5.74) is 1.11. The molecule has 0 saturated carbocycles. The molecule has 1 saturated heterocycles. The van der Waals surface area contributed by atoms with E-state index in [1.807, 2.05) is 18.2 Å². The fourth-order valence-corrected chi connectivity index (χ4v) is 2.77. The van der Waals surface area contributed by atoms with Gasteiger partial charge in [-0.3, -0.25) is 0 Å². The average Bonchev–Trinajstić information content (AvgIpc) is 2.53. The summed E-state index contributed by atoms with van der Waals surface area (Å²) < 4.78 is 16.8. The molecule has 2 rings (SSSR count). The van der Waals surface area contributed by atoms with Crippen LogP contribution in [0.25, 0.3) is 0 Å². The molecule has 1 aliphatic heterocycles. The zero-order valence-electron chi connectivity index (χ0n) is 12.6. The Balaban J connectivity index is 2.30. The van der Waals surface area contributed by atoms with Gasteiger partial charge in [-0.15, -0.1) is 0 Å². The van der Waals surface area contributed by atoms with Crippen molar-refractivity contribution in [3.05, 3.63) is 23.8 Å². The van der Waals surface area contributed by atoms with Crippen LogP contribution in [0.2, 0.25) is 0 Å². The van der Waals surface area contributed by atoms with Crippen molar-refractivity contribution in [2.45, 2.75) is 38.3 Å². The maximum Gasteiger partial charge on any atom is 0.124 e. The van der Waals surface area contributed by atoms with Crippen LogP contribution in [0.4, 0.5) is 0 Å². The standard InChI is InChI=1S/C16H25NO3/c1-4-17-16(15-7-5-6-10-20-15)13-11-12(18-2)8-9-14(13)19-3/h8-9,11,15-17H,4-7,10H2,1-3H3. The van der Waals surface area contributed by atoms with Gasteiger partial charge >= 0.3 is 0 Å². The highest BCUT2D eigenvalue weighted by atomic mass is 16.5. The van der Waals surface area contributed by atoms with E-state index in [0.29, 0.717) is 0 Å². The van der Waals surface area contributed by atoms with E-state index < -0.39 is 0 Å². The minimum atomic E-state index is 0.144. The first-order valence-electron chi connectivity index (χ1n) is 7.37. The molecule has 0 aliphatic carbocycles. The second-order valence-corrected chi connectivity index (χ2v) is 5.05. The van der Waals surface area contributed by atoms with Gasteiger partial charge in [-0.1, -0.05) is 6.92 Å². The predicted molar refractivity (Wildman–Crippen MR) is 79.6 cm³/mol. The van der Waals surface area contributed by atoms with Crippen molar-refractivity contribution in [2.24, 2.45) is 0 Å². The highest BCUT2D eigenvalue weighted by Crippen LogP contribution is 2.34. The normalized spacial score (nSPS) is 20.4. The van der Waals surface area contributed by atoms with E-state index in [-0.39, 0.29) is 12.1 Å². The lowest BCUT2D eigenvalue weighted by atomic mass is 9.94. The van der Waals surface area contributed by atoms with Gasteiger partial charge in [-0.05, 0) is 44.0 Å². The molecule has 1 aliphatic rings. The Labute approximate surface area is 121 Å². The maximum absolute atomic E-state index is 5.96. The van der Waals surface area contributed by atoms with Crippen molar-refractivity contribution < 1.29 is 14.2 Å². The Bertz CT molecular complexity index is 416. The molecule has 1 fully saturated rings. The number of ether oxygens (including phenoxy) is 3. The molecule has 2 unspecified atom stereocenters. The lowest BCUT2D eigenvalue weighted by Crippen LogP contribution is -2.36. The van der Waals surface area contributed by atoms with E-state index >= 15 is 0 Å². The van der Waals surface area contributed by atoms with Crippen molar-refractivity contribution >= 4 is 0 Å². The molecule has 1 aromatic carbocycles. The van der Waals surface area contributed by atoms with Crippen LogP contribution < -0.4 is 14.8 Å². The number of nitrogens with one attached hydrogen (secondary N) is 1. The minimum Gasteiger partial charge on any atom is -0.497 e. The van der Waals surface area contributed by atoms with E-state index in [1.165, 1.54) is 6.42 Å². The van der Waals surface area contributed by atoms with E-state index in [0.717, 1.165) is 43.1 Å². The van der Waals surface area contributed by atoms with Crippen LogP contribution in [0.1, 0.15) is 37.8 Å². The van der Waals surface area contributed by atoms with E-state index in [4.69, 9.17) is 14.2 Å². The first-order valence-corrected chi connectivity index (χ1v) is 7.37. The van der Waals surface area contributed by atoms with Crippen LogP contribution in [-0.2, 0) is 4.74 Å². The van der Waals surface area contributed by atoms with Gasteiger partial charge < -0.3 is 19.5 Å². The lowest BCUT2D eigenvalue weighted by molar-refractivity contribution is -0.00833. The number of hydrogen-bond acceptors (Lipinski definition) is 4. The summed E-state index contributed by atoms with van der Waals surface area (Å²) in [6, 6.07) is 6.07. The summed E-state index contributed by atoms with van der Waals surface area (Å²) in [7, 11) is 3.39. The smallest absolute Gasteiger partial charge is 0.124 e. The number of benzene rings is 1. The SMILES string of the molecule is CCNC(c1cc(OC)ccc1OC)C1CCCCO1. The summed E-state index contributed by atoms with van der Waals surface area (Å²) in [5, 5.41) is 3.53. The molecule has 0 radical (unpaired) electrons. The number of likely N-dealkylation sites (N-methyl/N-ethyl adjacent to an activating group) is 1. The zero-order chi connectivity index (χ0) is 14.4. The monoisotopic (exact) mass is 279 g/mol. The van der Waals surface area contributed by atoms with Crippen LogP contribution in [0, 0.1) is 0 Å². The second-order valence-electron chi connectivity index (χ2n) is 5.05. The Kier molecular flexibility index (Phi) is 5.68. The van der Waals surface area contributed by atoms with Gasteiger partial charge in [0.2, 0.25) is 0 Å². The molecule has 112 valence electrons. The van der Waals surface area contributed by atoms with Gasteiger partial charge in [0.05, 0.1) is 26.4 Å². The molecule has 0 amide bonds. The molecule has 4 heteroatoms. The van der Waals surface area contributed by atoms with Gasteiger partial charge in [-0.25, -0.2) is 0 Å². The fourth-order valence-electron chi connectivity index (χ4n) is 2.77. The molecular weight excluding hydrogens is 254 g/mol. The van der Waals surface area contributed by atoms with Crippen molar-refractivity contribution in [1.29, 1.82) is 0 Å². The summed E-state index contributed by atoms with van der Waals surface area (Å²) in [6.45, 7) is 3.85. The van der Waals surface area contributed by atoms with Crippen LogP contribution >= 0.6 is 0 Å². The van der Waals surface area contributed by atoms with Crippen LogP contribution in [0.3, 0.4) is 0 Å². The van der Waals surface area contributed by atoms with Crippen LogP contribution in [0.15, 0.2) is 18.2 Å². The highest BCUT2D eigenvalue weighted by molar-refractivity contribution is 5.42. The Morgan fingerprint density at radius 3 is 2.75 bits per heavy atom. The molecule has 0 bridgehead atoms. The molecule has 4 nitrogen and oxygen atoms in total. The van der Waals surface area contributed by atoms with Gasteiger partial charge in [0.1, 0.15) is 11.5 Å². The van der Waals surface area contributed by atoms with Crippen molar-refractivity contribution in [3.8, 4) is 11.5 Å². The minimum absolute atomic E-state index is 0.144. The van der Waals surface area contributed by atoms with Crippen LogP contribution in [-0.4, -0.2) is 33.5 Å². The highest BCUT2D eigenvalue weighted by Gasteiger charge is 2.28.